The van der Waals surface area contributed by atoms with Gasteiger partial charge in [-0.25, -0.2) is 4.79 Å². The molecule has 1 heterocycles. The van der Waals surface area contributed by atoms with Crippen molar-refractivity contribution < 1.29 is 14.7 Å². The van der Waals surface area contributed by atoms with Crippen LogP contribution in [0.5, 0.6) is 0 Å². The lowest BCUT2D eigenvalue weighted by Crippen LogP contribution is -2.32. The SMILES string of the molecule is C=C(C)CN(C)C(=O)Nc1cnn(CC(=O)O)c1. The number of carboxylic acids is 1. The summed E-state index contributed by atoms with van der Waals surface area (Å²) in [6, 6.07) is -0.298. The molecule has 7 nitrogen and oxygen atoms in total. The zero-order chi connectivity index (χ0) is 13.7. The molecule has 0 fully saturated rings. The number of hydrogen-bond acceptors (Lipinski definition) is 3. The summed E-state index contributed by atoms with van der Waals surface area (Å²) in [6.07, 6.45) is 2.86. The molecule has 0 saturated heterocycles. The Morgan fingerprint density at radius 2 is 2.28 bits per heavy atom. The summed E-state index contributed by atoms with van der Waals surface area (Å²) in [7, 11) is 1.64. The molecule has 0 bridgehead atoms. The van der Waals surface area contributed by atoms with E-state index in [1.807, 2.05) is 6.92 Å². The Bertz CT molecular complexity index is 467. The monoisotopic (exact) mass is 252 g/mol. The van der Waals surface area contributed by atoms with E-state index in [4.69, 9.17) is 5.11 Å². The van der Waals surface area contributed by atoms with Crippen LogP contribution >= 0.6 is 0 Å². The minimum absolute atomic E-state index is 0.239. The first-order valence-corrected chi connectivity index (χ1v) is 5.29. The van der Waals surface area contributed by atoms with Gasteiger partial charge in [-0.05, 0) is 6.92 Å². The Morgan fingerprint density at radius 1 is 1.61 bits per heavy atom. The number of hydrogen-bond donors (Lipinski definition) is 2. The summed E-state index contributed by atoms with van der Waals surface area (Å²) in [5.41, 5.74) is 1.32. The average molecular weight is 252 g/mol. The molecule has 1 rings (SSSR count). The van der Waals surface area contributed by atoms with Crippen molar-refractivity contribution in [3.8, 4) is 0 Å². The maximum Gasteiger partial charge on any atom is 0.325 e. The normalized spacial score (nSPS) is 9.89. The van der Waals surface area contributed by atoms with Gasteiger partial charge in [0.15, 0.2) is 0 Å². The van der Waals surface area contributed by atoms with Crippen LogP contribution in [0.25, 0.3) is 0 Å². The molecule has 0 atom stereocenters. The first kappa shape index (κ1) is 13.8. The third kappa shape index (κ3) is 4.28. The topological polar surface area (TPSA) is 87.5 Å². The van der Waals surface area contributed by atoms with Crippen molar-refractivity contribution in [2.75, 3.05) is 18.9 Å². The van der Waals surface area contributed by atoms with Crippen LogP contribution in [0.4, 0.5) is 10.5 Å². The van der Waals surface area contributed by atoms with Crippen LogP contribution in [-0.4, -0.2) is 45.4 Å². The molecule has 2 amide bonds. The minimum atomic E-state index is -0.990. The summed E-state index contributed by atoms with van der Waals surface area (Å²) in [5.74, 6) is -0.990. The smallest absolute Gasteiger partial charge is 0.325 e. The number of carbonyl (C=O) groups is 2. The Morgan fingerprint density at radius 3 is 2.83 bits per heavy atom. The predicted octanol–water partition coefficient (Wildman–Crippen LogP) is 1.01. The molecule has 0 aromatic carbocycles. The average Bonchev–Trinajstić information content (AvgIpc) is 2.63. The Labute approximate surface area is 105 Å². The molecule has 98 valence electrons. The van der Waals surface area contributed by atoms with Crippen molar-refractivity contribution in [1.29, 1.82) is 0 Å². The maximum atomic E-state index is 11.7. The van der Waals surface area contributed by atoms with Gasteiger partial charge in [-0.1, -0.05) is 12.2 Å². The van der Waals surface area contributed by atoms with Crippen LogP contribution in [-0.2, 0) is 11.3 Å². The number of urea groups is 1. The maximum absolute atomic E-state index is 11.7. The van der Waals surface area contributed by atoms with Crippen LogP contribution in [0.15, 0.2) is 24.5 Å². The molecule has 7 heteroatoms. The quantitative estimate of drug-likeness (QED) is 0.765. The molecule has 1 aromatic heterocycles. The Hall–Kier alpha value is -2.31. The van der Waals surface area contributed by atoms with E-state index < -0.39 is 5.97 Å². The lowest BCUT2D eigenvalue weighted by Gasteiger charge is -2.16. The molecule has 0 aliphatic carbocycles. The molecular formula is C11H16N4O3. The molecule has 0 aliphatic rings. The highest BCUT2D eigenvalue weighted by atomic mass is 16.4. The zero-order valence-electron chi connectivity index (χ0n) is 10.4. The van der Waals surface area contributed by atoms with E-state index in [2.05, 4.69) is 17.0 Å². The van der Waals surface area contributed by atoms with E-state index in [1.165, 1.54) is 22.0 Å². The third-order valence-corrected chi connectivity index (χ3v) is 2.04. The van der Waals surface area contributed by atoms with Crippen molar-refractivity contribution in [1.82, 2.24) is 14.7 Å². The van der Waals surface area contributed by atoms with Gasteiger partial charge in [-0.2, -0.15) is 5.10 Å². The van der Waals surface area contributed by atoms with E-state index in [1.54, 1.807) is 7.05 Å². The Balaban J connectivity index is 2.56. The number of anilines is 1. The van der Waals surface area contributed by atoms with Gasteiger partial charge < -0.3 is 15.3 Å². The number of carbonyl (C=O) groups excluding carboxylic acids is 1. The van der Waals surface area contributed by atoms with E-state index in [-0.39, 0.29) is 12.6 Å². The van der Waals surface area contributed by atoms with Crippen LogP contribution in [0.3, 0.4) is 0 Å². The third-order valence-electron chi connectivity index (χ3n) is 2.04. The summed E-state index contributed by atoms with van der Waals surface area (Å²) in [4.78, 5) is 23.6. The molecule has 2 N–H and O–H groups in total. The second-order valence-corrected chi connectivity index (χ2v) is 4.06. The van der Waals surface area contributed by atoms with Gasteiger partial charge in [-0.3, -0.25) is 9.48 Å². The molecule has 0 spiro atoms. The molecule has 0 radical (unpaired) electrons. The first-order valence-electron chi connectivity index (χ1n) is 5.29. The Kier molecular flexibility index (Phi) is 4.47. The number of rotatable bonds is 5. The summed E-state index contributed by atoms with van der Waals surface area (Å²) >= 11 is 0. The van der Waals surface area contributed by atoms with Gasteiger partial charge in [0.25, 0.3) is 0 Å². The van der Waals surface area contributed by atoms with Crippen molar-refractivity contribution >= 4 is 17.7 Å². The van der Waals surface area contributed by atoms with Crippen LogP contribution in [0.1, 0.15) is 6.92 Å². The van der Waals surface area contributed by atoms with E-state index in [9.17, 15) is 9.59 Å². The van der Waals surface area contributed by atoms with Gasteiger partial charge in [0.2, 0.25) is 0 Å². The lowest BCUT2D eigenvalue weighted by molar-refractivity contribution is -0.137. The second-order valence-electron chi connectivity index (χ2n) is 4.06. The molecule has 0 aliphatic heterocycles. The van der Waals surface area contributed by atoms with Crippen LogP contribution in [0, 0.1) is 0 Å². The van der Waals surface area contributed by atoms with Gasteiger partial charge in [-0.15, -0.1) is 0 Å². The highest BCUT2D eigenvalue weighted by Gasteiger charge is 2.10. The summed E-state index contributed by atoms with van der Waals surface area (Å²) in [6.45, 7) is 5.76. The van der Waals surface area contributed by atoms with E-state index >= 15 is 0 Å². The summed E-state index contributed by atoms with van der Waals surface area (Å²) < 4.78 is 1.23. The number of nitrogens with zero attached hydrogens (tertiary/aromatic N) is 3. The lowest BCUT2D eigenvalue weighted by atomic mass is 10.3. The largest absolute Gasteiger partial charge is 0.480 e. The van der Waals surface area contributed by atoms with Crippen LogP contribution < -0.4 is 5.32 Å². The highest BCUT2D eigenvalue weighted by Crippen LogP contribution is 2.06. The number of nitrogens with one attached hydrogen (secondary N) is 1. The highest BCUT2D eigenvalue weighted by molar-refractivity contribution is 5.89. The number of amides is 2. The first-order chi connectivity index (χ1) is 8.38. The standard InChI is InChI=1S/C11H16N4O3/c1-8(2)5-14(3)11(18)13-9-4-12-15(6-9)7-10(16)17/h4,6H,1,5,7H2,2-3H3,(H,13,18)(H,16,17). The number of carboxylic acid groups (broad SMARTS) is 1. The number of aromatic nitrogens is 2. The fraction of sp³-hybridized carbons (Fsp3) is 0.364. The van der Waals surface area contributed by atoms with Gasteiger partial charge in [0, 0.05) is 19.8 Å². The van der Waals surface area contributed by atoms with Gasteiger partial charge in [0.1, 0.15) is 6.54 Å². The van der Waals surface area contributed by atoms with Crippen molar-refractivity contribution in [3.05, 3.63) is 24.5 Å². The molecule has 0 saturated carbocycles. The van der Waals surface area contributed by atoms with Gasteiger partial charge >= 0.3 is 12.0 Å². The van der Waals surface area contributed by atoms with Crippen molar-refractivity contribution in [3.63, 3.8) is 0 Å². The number of aliphatic carboxylic acids is 1. The molecular weight excluding hydrogens is 236 g/mol. The predicted molar refractivity (Wildman–Crippen MR) is 66.3 cm³/mol. The van der Waals surface area contributed by atoms with Gasteiger partial charge in [0.05, 0.1) is 11.9 Å². The summed E-state index contributed by atoms with van der Waals surface area (Å²) in [5, 5.41) is 15.0. The van der Waals surface area contributed by atoms with Crippen LogP contribution in [0.2, 0.25) is 0 Å². The molecule has 18 heavy (non-hydrogen) atoms. The fourth-order valence-corrected chi connectivity index (χ4v) is 1.35. The number of likely N-dealkylation sites (N-methyl/N-ethyl adjacent to an activating group) is 1. The fourth-order valence-electron chi connectivity index (χ4n) is 1.35. The van der Waals surface area contributed by atoms with Crippen molar-refractivity contribution in [2.24, 2.45) is 0 Å². The molecule has 1 aromatic rings. The van der Waals surface area contributed by atoms with E-state index in [0.29, 0.717) is 12.2 Å². The molecule has 0 unspecified atom stereocenters. The minimum Gasteiger partial charge on any atom is -0.480 e. The second kappa shape index (κ2) is 5.85. The van der Waals surface area contributed by atoms with Crippen molar-refractivity contribution in [2.45, 2.75) is 13.5 Å². The zero-order valence-corrected chi connectivity index (χ0v) is 10.4. The van der Waals surface area contributed by atoms with E-state index in [0.717, 1.165) is 5.57 Å².